The van der Waals surface area contributed by atoms with Gasteiger partial charge in [-0.2, -0.15) is 0 Å². The molecule has 0 fully saturated rings. The summed E-state index contributed by atoms with van der Waals surface area (Å²) in [6, 6.07) is 8.09. The Hall–Kier alpha value is -0.820. The van der Waals surface area contributed by atoms with Crippen LogP contribution in [0.2, 0.25) is 0 Å². The summed E-state index contributed by atoms with van der Waals surface area (Å²) in [4.78, 5) is 12.0. The van der Waals surface area contributed by atoms with E-state index in [1.807, 2.05) is 25.2 Å². The van der Waals surface area contributed by atoms with Crippen molar-refractivity contribution in [1.82, 2.24) is 8.43 Å². The van der Waals surface area contributed by atoms with E-state index in [0.29, 0.717) is 6.42 Å². The summed E-state index contributed by atoms with van der Waals surface area (Å²) in [7, 11) is 2.03. The van der Waals surface area contributed by atoms with Crippen LogP contribution in [-0.4, -0.2) is 35.8 Å². The normalized spacial score (nSPS) is 10.9. The van der Waals surface area contributed by atoms with Crippen LogP contribution in [-0.2, 0) is 11.2 Å². The monoisotopic (exact) mass is 474 g/mol. The van der Waals surface area contributed by atoms with Crippen LogP contribution in [0.25, 0.3) is 0 Å². The fraction of sp³-hybridized carbons (Fsp3) is 0.667. The maximum absolute atomic E-state index is 12.0. The van der Waals surface area contributed by atoms with Gasteiger partial charge in [0.15, 0.2) is 0 Å². The molecule has 1 amide bonds. The van der Waals surface area contributed by atoms with Crippen molar-refractivity contribution in [1.29, 1.82) is 0 Å². The molecule has 26 heavy (non-hydrogen) atoms. The number of para-hydroxylation sites is 1. The van der Waals surface area contributed by atoms with Gasteiger partial charge in [0, 0.05) is 42.4 Å². The molecule has 1 aromatic carbocycles. The van der Waals surface area contributed by atoms with Gasteiger partial charge in [0.1, 0.15) is 5.75 Å². The third-order valence-electron chi connectivity index (χ3n) is 4.31. The maximum atomic E-state index is 12.0. The fourth-order valence-electron chi connectivity index (χ4n) is 2.78. The summed E-state index contributed by atoms with van der Waals surface area (Å²) < 4.78 is 8.06. The van der Waals surface area contributed by atoms with Crippen molar-refractivity contribution in [3.8, 4) is 5.75 Å². The zero-order chi connectivity index (χ0) is 19.0. The van der Waals surface area contributed by atoms with Crippen molar-refractivity contribution in [2.75, 3.05) is 26.7 Å². The van der Waals surface area contributed by atoms with Crippen LogP contribution in [0.15, 0.2) is 24.3 Å². The van der Waals surface area contributed by atoms with E-state index >= 15 is 0 Å². The number of ether oxygens (including phenoxy) is 1. The first-order valence-electron chi connectivity index (χ1n) is 9.97. The highest BCUT2D eigenvalue weighted by molar-refractivity contribution is 14.1. The second kappa shape index (κ2) is 15.3. The lowest BCUT2D eigenvalue weighted by Gasteiger charge is -2.12. The molecule has 0 spiro atoms. The van der Waals surface area contributed by atoms with Gasteiger partial charge in [0.05, 0.1) is 6.61 Å². The van der Waals surface area contributed by atoms with E-state index in [4.69, 9.17) is 4.74 Å². The minimum Gasteiger partial charge on any atom is -0.493 e. The molecule has 1 aromatic rings. The molecule has 0 aliphatic rings. The predicted octanol–water partition coefficient (Wildman–Crippen LogP) is 5.15. The van der Waals surface area contributed by atoms with Crippen LogP contribution in [0.3, 0.4) is 0 Å². The zero-order valence-corrected chi connectivity index (χ0v) is 18.6. The van der Waals surface area contributed by atoms with E-state index in [-0.39, 0.29) is 5.91 Å². The van der Waals surface area contributed by atoms with Gasteiger partial charge in [-0.1, -0.05) is 57.2 Å². The second-order valence-corrected chi connectivity index (χ2v) is 8.40. The van der Waals surface area contributed by atoms with E-state index in [1.165, 1.54) is 32.1 Å². The number of carbonyl (C=O) groups excluding carboxylic acids is 1. The third kappa shape index (κ3) is 11.7. The topological polar surface area (TPSA) is 41.6 Å². The van der Waals surface area contributed by atoms with Gasteiger partial charge in [-0.15, -0.1) is 0 Å². The van der Waals surface area contributed by atoms with Crippen LogP contribution in [0.5, 0.6) is 5.75 Å². The standard InChI is InChI=1S/C21H35IN2O2/c1-3-4-5-6-7-10-18-26-20-13-9-8-12-19(20)14-15-21(25)23-16-11-17-24(2)22/h8-9,12-13H,3-7,10-11,14-18H2,1-2H3,(H,23,25). The lowest BCUT2D eigenvalue weighted by molar-refractivity contribution is -0.121. The molecule has 1 rings (SSSR count). The van der Waals surface area contributed by atoms with Gasteiger partial charge in [-0.3, -0.25) is 7.91 Å². The fourth-order valence-corrected chi connectivity index (χ4v) is 3.12. The Balaban J connectivity index is 2.24. The molecule has 4 nitrogen and oxygen atoms in total. The second-order valence-electron chi connectivity index (χ2n) is 6.76. The van der Waals surface area contributed by atoms with Crippen molar-refractivity contribution >= 4 is 28.8 Å². The van der Waals surface area contributed by atoms with Crippen molar-refractivity contribution < 1.29 is 9.53 Å². The molecule has 1 N–H and O–H groups in total. The molecule has 0 aliphatic carbocycles. The highest BCUT2D eigenvalue weighted by atomic mass is 127. The van der Waals surface area contributed by atoms with Gasteiger partial charge < -0.3 is 10.1 Å². The number of rotatable bonds is 15. The molecule has 0 saturated heterocycles. The molecule has 0 aromatic heterocycles. The van der Waals surface area contributed by atoms with E-state index in [9.17, 15) is 4.79 Å². The average Bonchev–Trinajstić information content (AvgIpc) is 2.63. The minimum atomic E-state index is 0.117. The first kappa shape index (κ1) is 23.2. The van der Waals surface area contributed by atoms with E-state index in [0.717, 1.165) is 50.3 Å². The first-order chi connectivity index (χ1) is 12.6. The number of nitrogens with one attached hydrogen (secondary N) is 1. The number of halogens is 1. The highest BCUT2D eigenvalue weighted by Crippen LogP contribution is 2.20. The van der Waals surface area contributed by atoms with E-state index in [1.54, 1.807) is 0 Å². The van der Waals surface area contributed by atoms with Crippen LogP contribution in [0, 0.1) is 0 Å². The summed E-state index contributed by atoms with van der Waals surface area (Å²) in [5, 5.41) is 2.99. The van der Waals surface area contributed by atoms with Gasteiger partial charge >= 0.3 is 0 Å². The molecule has 0 saturated carbocycles. The average molecular weight is 474 g/mol. The van der Waals surface area contributed by atoms with Crippen LogP contribution in [0.1, 0.15) is 63.9 Å². The quantitative estimate of drug-likeness (QED) is 0.217. The van der Waals surface area contributed by atoms with Crippen molar-refractivity contribution in [2.45, 2.75) is 64.7 Å². The number of amides is 1. The minimum absolute atomic E-state index is 0.117. The Labute approximate surface area is 173 Å². The number of nitrogens with zero attached hydrogens (tertiary/aromatic N) is 1. The van der Waals surface area contributed by atoms with Crippen molar-refractivity contribution in [2.24, 2.45) is 0 Å². The first-order valence-corrected chi connectivity index (χ1v) is 10.9. The van der Waals surface area contributed by atoms with Gasteiger partial charge in [0.2, 0.25) is 5.91 Å². The van der Waals surface area contributed by atoms with E-state index in [2.05, 4.69) is 44.3 Å². The van der Waals surface area contributed by atoms with E-state index < -0.39 is 0 Å². The predicted molar refractivity (Wildman–Crippen MR) is 118 cm³/mol. The summed E-state index contributed by atoms with van der Waals surface area (Å²) in [5.41, 5.74) is 1.13. The summed E-state index contributed by atoms with van der Waals surface area (Å²) in [6.45, 7) is 4.72. The molecule has 148 valence electrons. The lowest BCUT2D eigenvalue weighted by Crippen LogP contribution is -2.26. The maximum Gasteiger partial charge on any atom is 0.220 e. The van der Waals surface area contributed by atoms with Crippen molar-refractivity contribution in [3.63, 3.8) is 0 Å². The molecule has 0 aliphatic heterocycles. The Kier molecular flexibility index (Phi) is 13.6. The molecule has 5 heteroatoms. The van der Waals surface area contributed by atoms with Gasteiger partial charge in [-0.05, 0) is 37.9 Å². The smallest absolute Gasteiger partial charge is 0.220 e. The molecular weight excluding hydrogens is 439 g/mol. The number of hydrogen-bond acceptors (Lipinski definition) is 3. The highest BCUT2D eigenvalue weighted by Gasteiger charge is 2.07. The lowest BCUT2D eigenvalue weighted by atomic mass is 10.1. The third-order valence-corrected chi connectivity index (χ3v) is 4.80. The molecular formula is C21H35IN2O2. The van der Waals surface area contributed by atoms with Gasteiger partial charge in [0.25, 0.3) is 0 Å². The van der Waals surface area contributed by atoms with Crippen LogP contribution < -0.4 is 10.1 Å². The number of aryl methyl sites for hydroxylation is 1. The van der Waals surface area contributed by atoms with Crippen LogP contribution >= 0.6 is 22.9 Å². The Morgan fingerprint density at radius 2 is 1.85 bits per heavy atom. The molecule has 0 unspecified atom stereocenters. The number of benzene rings is 1. The molecule has 0 bridgehead atoms. The summed E-state index contributed by atoms with van der Waals surface area (Å²) >= 11 is 2.26. The number of hydrogen-bond donors (Lipinski definition) is 1. The van der Waals surface area contributed by atoms with Crippen LogP contribution in [0.4, 0.5) is 0 Å². The Morgan fingerprint density at radius 3 is 2.62 bits per heavy atom. The largest absolute Gasteiger partial charge is 0.493 e. The summed E-state index contributed by atoms with van der Waals surface area (Å²) in [6.07, 6.45) is 9.79. The SMILES string of the molecule is CCCCCCCCOc1ccccc1CCC(=O)NCCCN(C)I. The van der Waals surface area contributed by atoms with Gasteiger partial charge in [-0.25, -0.2) is 0 Å². The molecule has 0 atom stereocenters. The summed E-state index contributed by atoms with van der Waals surface area (Å²) in [5.74, 6) is 1.05. The number of unbranched alkanes of at least 4 members (excludes halogenated alkanes) is 5. The molecule has 0 heterocycles. The number of carbonyl (C=O) groups is 1. The zero-order valence-electron chi connectivity index (χ0n) is 16.4. The van der Waals surface area contributed by atoms with Crippen molar-refractivity contribution in [3.05, 3.63) is 29.8 Å². The Morgan fingerprint density at radius 1 is 1.12 bits per heavy atom. The molecule has 0 radical (unpaired) electrons. The Bertz CT molecular complexity index is 495.